The fourth-order valence-corrected chi connectivity index (χ4v) is 3.40. The van der Waals surface area contributed by atoms with Gasteiger partial charge in [0.25, 0.3) is 5.91 Å². The Morgan fingerprint density at radius 2 is 1.85 bits per heavy atom. The molecule has 26 heavy (non-hydrogen) atoms. The molecule has 0 unspecified atom stereocenters. The van der Waals surface area contributed by atoms with Gasteiger partial charge in [-0.1, -0.05) is 24.3 Å². The lowest BCUT2D eigenvalue weighted by Gasteiger charge is -2.08. The van der Waals surface area contributed by atoms with E-state index < -0.39 is 0 Å². The van der Waals surface area contributed by atoms with Crippen LogP contribution >= 0.6 is 27.3 Å². The molecular formula is C19H17BrN2O3S. The highest BCUT2D eigenvalue weighted by Gasteiger charge is 2.12. The van der Waals surface area contributed by atoms with Crippen LogP contribution in [0.4, 0.5) is 5.13 Å². The summed E-state index contributed by atoms with van der Waals surface area (Å²) in [5.41, 5.74) is 1.66. The van der Waals surface area contributed by atoms with Gasteiger partial charge < -0.3 is 9.47 Å². The zero-order valence-electron chi connectivity index (χ0n) is 14.1. The first-order valence-corrected chi connectivity index (χ1v) is 9.69. The first-order chi connectivity index (χ1) is 12.7. The Morgan fingerprint density at radius 3 is 2.62 bits per heavy atom. The van der Waals surface area contributed by atoms with E-state index in [0.29, 0.717) is 17.5 Å². The third-order valence-corrected chi connectivity index (χ3v) is 4.82. The van der Waals surface area contributed by atoms with Crippen molar-refractivity contribution in [1.82, 2.24) is 4.98 Å². The molecule has 0 aliphatic carbocycles. The third-order valence-electron chi connectivity index (χ3n) is 3.41. The van der Waals surface area contributed by atoms with Crippen molar-refractivity contribution in [2.75, 3.05) is 18.5 Å². The highest BCUT2D eigenvalue weighted by molar-refractivity contribution is 9.10. The summed E-state index contributed by atoms with van der Waals surface area (Å²) in [6.07, 6.45) is 0. The molecule has 0 saturated carbocycles. The van der Waals surface area contributed by atoms with Crippen molar-refractivity contribution in [3.63, 3.8) is 0 Å². The van der Waals surface area contributed by atoms with E-state index in [1.165, 1.54) is 11.3 Å². The molecule has 0 bridgehead atoms. The first kappa shape index (κ1) is 18.4. The molecule has 0 spiro atoms. The Bertz CT molecular complexity index is 898. The van der Waals surface area contributed by atoms with Gasteiger partial charge in [0, 0.05) is 10.9 Å². The van der Waals surface area contributed by atoms with Gasteiger partial charge in [-0.05, 0) is 47.1 Å². The average Bonchev–Trinajstić information content (AvgIpc) is 3.10. The lowest BCUT2D eigenvalue weighted by Crippen LogP contribution is -2.20. The molecule has 5 nitrogen and oxygen atoms in total. The van der Waals surface area contributed by atoms with Crippen LogP contribution in [0.25, 0.3) is 11.3 Å². The highest BCUT2D eigenvalue weighted by atomic mass is 79.9. The second-order valence-corrected chi connectivity index (χ2v) is 6.95. The van der Waals surface area contributed by atoms with Gasteiger partial charge >= 0.3 is 0 Å². The zero-order chi connectivity index (χ0) is 18.4. The molecule has 1 N–H and O–H groups in total. The standard InChI is InChI=1S/C19H17BrN2O3S/c1-2-24-16-9-5-3-7-13(16)15-12-26-19(21-15)22-18(23)11-25-17-10-6-4-8-14(17)20/h3-10,12H,2,11H2,1H3,(H,21,22,23). The molecule has 0 atom stereocenters. The number of nitrogens with one attached hydrogen (secondary N) is 1. The predicted octanol–water partition coefficient (Wildman–Crippen LogP) is 4.99. The Hall–Kier alpha value is -2.38. The van der Waals surface area contributed by atoms with Crippen LogP contribution in [0.5, 0.6) is 11.5 Å². The number of anilines is 1. The fourth-order valence-electron chi connectivity index (χ4n) is 2.27. The molecule has 1 aromatic heterocycles. The molecule has 0 aliphatic heterocycles. The maximum Gasteiger partial charge on any atom is 0.264 e. The maximum atomic E-state index is 12.1. The van der Waals surface area contributed by atoms with Crippen molar-refractivity contribution in [2.45, 2.75) is 6.92 Å². The van der Waals surface area contributed by atoms with Crippen LogP contribution < -0.4 is 14.8 Å². The number of thiazole rings is 1. The van der Waals surface area contributed by atoms with Crippen molar-refractivity contribution in [1.29, 1.82) is 0 Å². The van der Waals surface area contributed by atoms with E-state index in [1.807, 2.05) is 54.8 Å². The summed E-state index contributed by atoms with van der Waals surface area (Å²) in [7, 11) is 0. The number of para-hydroxylation sites is 2. The minimum Gasteiger partial charge on any atom is -0.493 e. The Balaban J connectivity index is 1.63. The number of aromatic nitrogens is 1. The van der Waals surface area contributed by atoms with Crippen molar-refractivity contribution in [3.8, 4) is 22.8 Å². The topological polar surface area (TPSA) is 60.5 Å². The third kappa shape index (κ3) is 4.62. The molecule has 0 fully saturated rings. The molecule has 3 rings (SSSR count). The van der Waals surface area contributed by atoms with E-state index in [9.17, 15) is 4.79 Å². The summed E-state index contributed by atoms with van der Waals surface area (Å²) in [5, 5.41) is 5.17. The van der Waals surface area contributed by atoms with Crippen LogP contribution in [0, 0.1) is 0 Å². The van der Waals surface area contributed by atoms with Gasteiger partial charge in [-0.15, -0.1) is 11.3 Å². The second kappa shape index (κ2) is 8.82. The number of rotatable bonds is 7. The molecule has 0 radical (unpaired) electrons. The molecule has 1 heterocycles. The largest absolute Gasteiger partial charge is 0.493 e. The van der Waals surface area contributed by atoms with Gasteiger partial charge in [0.1, 0.15) is 11.5 Å². The number of carbonyl (C=O) groups excluding carboxylic acids is 1. The molecule has 0 aliphatic rings. The summed E-state index contributed by atoms with van der Waals surface area (Å²) in [4.78, 5) is 16.6. The zero-order valence-corrected chi connectivity index (χ0v) is 16.5. The Morgan fingerprint density at radius 1 is 1.12 bits per heavy atom. The monoisotopic (exact) mass is 432 g/mol. The average molecular weight is 433 g/mol. The van der Waals surface area contributed by atoms with Crippen LogP contribution in [0.3, 0.4) is 0 Å². The highest BCUT2D eigenvalue weighted by Crippen LogP contribution is 2.32. The van der Waals surface area contributed by atoms with Crippen molar-refractivity contribution < 1.29 is 14.3 Å². The summed E-state index contributed by atoms with van der Waals surface area (Å²) in [6, 6.07) is 15.1. The fraction of sp³-hybridized carbons (Fsp3) is 0.158. The number of benzene rings is 2. The van der Waals surface area contributed by atoms with Crippen molar-refractivity contribution in [3.05, 3.63) is 58.4 Å². The van der Waals surface area contributed by atoms with Crippen molar-refractivity contribution in [2.24, 2.45) is 0 Å². The van der Waals surface area contributed by atoms with E-state index in [4.69, 9.17) is 9.47 Å². The summed E-state index contributed by atoms with van der Waals surface area (Å²) in [6.45, 7) is 2.43. The minimum atomic E-state index is -0.264. The number of hydrogen-bond acceptors (Lipinski definition) is 5. The van der Waals surface area contributed by atoms with Gasteiger partial charge in [0.15, 0.2) is 11.7 Å². The van der Waals surface area contributed by atoms with Gasteiger partial charge in [-0.25, -0.2) is 4.98 Å². The van der Waals surface area contributed by atoms with Crippen LogP contribution in [-0.2, 0) is 4.79 Å². The molecule has 3 aromatic rings. The number of ether oxygens (including phenoxy) is 2. The predicted molar refractivity (Wildman–Crippen MR) is 107 cm³/mol. The molecule has 7 heteroatoms. The van der Waals surface area contributed by atoms with Crippen LogP contribution in [0.1, 0.15) is 6.92 Å². The number of carbonyl (C=O) groups is 1. The molecule has 2 aromatic carbocycles. The van der Waals surface area contributed by atoms with Gasteiger partial charge in [0.2, 0.25) is 0 Å². The molecule has 0 saturated heterocycles. The normalized spacial score (nSPS) is 10.4. The van der Waals surface area contributed by atoms with Gasteiger partial charge in [-0.3, -0.25) is 10.1 Å². The summed E-state index contributed by atoms with van der Waals surface area (Å²) >= 11 is 4.74. The SMILES string of the molecule is CCOc1ccccc1-c1csc(NC(=O)COc2ccccc2Br)n1. The van der Waals surface area contributed by atoms with Crippen LogP contribution in [0.2, 0.25) is 0 Å². The molecule has 1 amide bonds. The van der Waals surface area contributed by atoms with Crippen LogP contribution in [-0.4, -0.2) is 24.1 Å². The minimum absolute atomic E-state index is 0.0902. The quantitative estimate of drug-likeness (QED) is 0.571. The number of amides is 1. The maximum absolute atomic E-state index is 12.1. The van der Waals surface area contributed by atoms with E-state index >= 15 is 0 Å². The second-order valence-electron chi connectivity index (χ2n) is 5.23. The van der Waals surface area contributed by atoms with Gasteiger partial charge in [0.05, 0.1) is 16.8 Å². The lowest BCUT2D eigenvalue weighted by atomic mass is 10.1. The van der Waals surface area contributed by atoms with Crippen molar-refractivity contribution >= 4 is 38.3 Å². The summed E-state index contributed by atoms with van der Waals surface area (Å²) in [5.74, 6) is 1.13. The van der Waals surface area contributed by atoms with Gasteiger partial charge in [-0.2, -0.15) is 0 Å². The Kier molecular flexibility index (Phi) is 6.25. The lowest BCUT2D eigenvalue weighted by molar-refractivity contribution is -0.118. The Labute approximate surface area is 164 Å². The van der Waals surface area contributed by atoms with E-state index in [0.717, 1.165) is 21.5 Å². The number of halogens is 1. The van der Waals surface area contributed by atoms with E-state index in [1.54, 1.807) is 6.07 Å². The first-order valence-electron chi connectivity index (χ1n) is 8.02. The smallest absolute Gasteiger partial charge is 0.264 e. The summed E-state index contributed by atoms with van der Waals surface area (Å²) < 4.78 is 11.9. The molecular weight excluding hydrogens is 416 g/mol. The van der Waals surface area contributed by atoms with Crippen LogP contribution in [0.15, 0.2) is 58.4 Å². The van der Waals surface area contributed by atoms with E-state index in [-0.39, 0.29) is 12.5 Å². The number of hydrogen-bond donors (Lipinski definition) is 1. The number of nitrogens with zero attached hydrogens (tertiary/aromatic N) is 1. The van der Waals surface area contributed by atoms with E-state index in [2.05, 4.69) is 26.2 Å². The molecule has 134 valence electrons.